The number of anilines is 1. The van der Waals surface area contributed by atoms with Crippen LogP contribution >= 0.6 is 23.1 Å². The molecular formula is C28H35N9O10S2. The quantitative estimate of drug-likeness (QED) is 0.0462. The Bertz CT molecular complexity index is 1920. The molecule has 3 aromatic rings. The number of aromatic amines is 2. The lowest BCUT2D eigenvalue weighted by Crippen LogP contribution is -2.71. The van der Waals surface area contributed by atoms with Crippen LogP contribution in [0.2, 0.25) is 0 Å². The fourth-order valence-corrected chi connectivity index (χ4v) is 6.74. The van der Waals surface area contributed by atoms with E-state index >= 15 is 0 Å². The van der Waals surface area contributed by atoms with E-state index in [4.69, 9.17) is 10.5 Å². The topological polar surface area (TPSA) is 277 Å². The van der Waals surface area contributed by atoms with Gasteiger partial charge in [0.1, 0.15) is 42.0 Å². The lowest BCUT2D eigenvalue weighted by atomic mass is 10.0. The number of aromatic nitrogens is 5. The number of carbonyl (C=O) groups is 4. The molecule has 1 fully saturated rings. The number of imidazole rings is 1. The molecule has 0 radical (unpaired) electrons. The van der Waals surface area contributed by atoms with Crippen LogP contribution in [0, 0.1) is 0 Å². The van der Waals surface area contributed by atoms with E-state index in [1.165, 1.54) is 37.5 Å². The summed E-state index contributed by atoms with van der Waals surface area (Å²) in [5, 5.41) is 26.5. The number of oxime groups is 1. The smallest absolute Gasteiger partial charge is 0.352 e. The van der Waals surface area contributed by atoms with Crippen molar-refractivity contribution < 1.29 is 39.0 Å². The number of nitrogen functional groups attached to an aromatic ring is 1. The summed E-state index contributed by atoms with van der Waals surface area (Å²) in [5.41, 5.74) is 4.72. The van der Waals surface area contributed by atoms with Gasteiger partial charge in [0, 0.05) is 30.2 Å². The van der Waals surface area contributed by atoms with Crippen molar-refractivity contribution in [1.82, 2.24) is 34.7 Å². The van der Waals surface area contributed by atoms with E-state index in [2.05, 4.69) is 35.2 Å². The third kappa shape index (κ3) is 8.72. The van der Waals surface area contributed by atoms with Crippen LogP contribution in [0.25, 0.3) is 11.2 Å². The first kappa shape index (κ1) is 36.8. The van der Waals surface area contributed by atoms with Gasteiger partial charge in [0.25, 0.3) is 17.4 Å². The summed E-state index contributed by atoms with van der Waals surface area (Å²) in [6.07, 6.45) is 3.41. The molecule has 0 aromatic carbocycles. The Hall–Kier alpha value is -5.02. The molecular weight excluding hydrogens is 686 g/mol. The summed E-state index contributed by atoms with van der Waals surface area (Å²) < 4.78 is 6.04. The number of fused-ring (bicyclic) bond motifs is 2. The van der Waals surface area contributed by atoms with E-state index in [9.17, 15) is 39.0 Å². The molecule has 0 bridgehead atoms. The molecule has 0 unspecified atom stereocenters. The SMILES string of the molecule is CC(C)(O)CCCCn1c(=O)[nH]c2nc[nH]c2c1=O.CO/N=C(/C(=O)N[C@@H]1C(=O)N2C(C(=O)O)=C(COC(C)=O)CS[C@H]12)c1csc(N)n1. The summed E-state index contributed by atoms with van der Waals surface area (Å²) in [7, 11) is 1.25. The van der Waals surface area contributed by atoms with Gasteiger partial charge in [0.2, 0.25) is 0 Å². The molecule has 5 heterocycles. The number of carboxylic acids is 1. The number of rotatable bonds is 12. The number of carbonyl (C=O) groups excluding carboxylic acids is 3. The number of H-pyrrole nitrogens is 2. The number of carboxylic acid groups (broad SMARTS) is 1. The molecule has 2 aliphatic rings. The second-order valence-electron chi connectivity index (χ2n) is 11.4. The van der Waals surface area contributed by atoms with E-state index in [1.807, 2.05) is 0 Å². The number of ether oxygens (including phenoxy) is 1. The summed E-state index contributed by atoms with van der Waals surface area (Å²) >= 11 is 2.35. The van der Waals surface area contributed by atoms with Gasteiger partial charge in [0.15, 0.2) is 16.5 Å². The fourth-order valence-electron chi connectivity index (χ4n) is 4.86. The number of esters is 1. The predicted octanol–water partition coefficient (Wildman–Crippen LogP) is -0.268. The van der Waals surface area contributed by atoms with Gasteiger partial charge in [-0.1, -0.05) is 5.16 Å². The van der Waals surface area contributed by atoms with E-state index in [0.29, 0.717) is 30.5 Å². The van der Waals surface area contributed by atoms with E-state index in [1.54, 1.807) is 13.8 Å². The van der Waals surface area contributed by atoms with E-state index in [-0.39, 0.29) is 45.8 Å². The molecule has 5 rings (SSSR count). The van der Waals surface area contributed by atoms with Gasteiger partial charge < -0.3 is 35.8 Å². The first-order valence-electron chi connectivity index (χ1n) is 14.7. The van der Waals surface area contributed by atoms with Crippen molar-refractivity contribution in [2.24, 2.45) is 5.16 Å². The zero-order chi connectivity index (χ0) is 36.0. The standard InChI is InChI=1S/C16H17N5O7S2.C12H18N4O3/c1-6(22)28-3-7-4-29-14-10(13(24)21(14)11(7)15(25)26)19-12(23)9(20-27-2)8-5-30-16(17)18-8;1-12(2,19)5-3-4-6-16-10(17)8-9(14-7-13-8)15-11(16)18/h5,10,14H,3-4H2,1-2H3,(H2,17,18)(H,19,23)(H,25,26);7,19H,3-6H2,1-2H3,(H,13,14)(H,15,18)/b20-9+;/t10-,14-;/m1./s1. The summed E-state index contributed by atoms with van der Waals surface area (Å²) in [6.45, 7) is 4.78. The Morgan fingerprint density at radius 1 is 1.24 bits per heavy atom. The Balaban J connectivity index is 0.000000244. The first-order chi connectivity index (χ1) is 23.1. The summed E-state index contributed by atoms with van der Waals surface area (Å²) in [5.74, 6) is -2.98. The number of β-lactam (4-membered cyclic amide) rings is 1. The average Bonchev–Trinajstić information content (AvgIpc) is 3.68. The van der Waals surface area contributed by atoms with Crippen LogP contribution in [0.3, 0.4) is 0 Å². The van der Waals surface area contributed by atoms with Crippen LogP contribution in [0.1, 0.15) is 45.7 Å². The number of amides is 2. The minimum absolute atomic E-state index is 0.165. The largest absolute Gasteiger partial charge is 0.477 e. The highest BCUT2D eigenvalue weighted by molar-refractivity contribution is 8.00. The molecule has 21 heteroatoms. The van der Waals surface area contributed by atoms with Gasteiger partial charge in [-0.15, -0.1) is 23.1 Å². The van der Waals surface area contributed by atoms with Crippen LogP contribution in [0.15, 0.2) is 37.7 Å². The minimum Gasteiger partial charge on any atom is -0.477 e. The van der Waals surface area contributed by atoms with Crippen molar-refractivity contribution in [1.29, 1.82) is 0 Å². The van der Waals surface area contributed by atoms with Gasteiger partial charge in [-0.05, 0) is 33.1 Å². The molecule has 3 aromatic heterocycles. The van der Waals surface area contributed by atoms with E-state index < -0.39 is 46.5 Å². The van der Waals surface area contributed by atoms with Crippen LogP contribution in [-0.4, -0.2) is 106 Å². The van der Waals surface area contributed by atoms with Crippen LogP contribution in [0.4, 0.5) is 5.13 Å². The average molecular weight is 722 g/mol. The summed E-state index contributed by atoms with van der Waals surface area (Å²) in [4.78, 5) is 90.7. The maximum atomic E-state index is 12.7. The maximum absolute atomic E-state index is 12.7. The van der Waals surface area contributed by atoms with Gasteiger partial charge in [-0.2, -0.15) is 0 Å². The second kappa shape index (κ2) is 15.5. The molecule has 1 saturated heterocycles. The number of aliphatic carboxylic acids is 1. The number of aliphatic hydroxyl groups is 1. The third-order valence-corrected chi connectivity index (χ3v) is 9.15. The monoisotopic (exact) mass is 721 g/mol. The highest BCUT2D eigenvalue weighted by atomic mass is 32.2. The lowest BCUT2D eigenvalue weighted by Gasteiger charge is -2.49. The Kier molecular flexibility index (Phi) is 11.6. The second-order valence-corrected chi connectivity index (χ2v) is 13.4. The molecule has 2 atom stereocenters. The number of nitrogens with two attached hydrogens (primary N) is 1. The Labute approximate surface area is 285 Å². The zero-order valence-corrected chi connectivity index (χ0v) is 28.5. The van der Waals surface area contributed by atoms with Crippen molar-refractivity contribution in [2.75, 3.05) is 25.2 Å². The van der Waals surface area contributed by atoms with Crippen molar-refractivity contribution in [3.05, 3.63) is 49.5 Å². The van der Waals surface area contributed by atoms with Crippen LogP contribution < -0.4 is 22.3 Å². The number of thioether (sulfide) groups is 1. The predicted molar refractivity (Wildman–Crippen MR) is 178 cm³/mol. The fraction of sp³-hybridized carbons (Fsp3) is 0.464. The maximum Gasteiger partial charge on any atom is 0.352 e. The van der Waals surface area contributed by atoms with Crippen molar-refractivity contribution in [3.8, 4) is 0 Å². The number of thiazole rings is 1. The molecule has 7 N–H and O–H groups in total. The van der Waals surface area contributed by atoms with Gasteiger partial charge >= 0.3 is 17.6 Å². The normalized spacial score (nSPS) is 17.5. The molecule has 2 aliphatic heterocycles. The summed E-state index contributed by atoms with van der Waals surface area (Å²) in [6, 6.07) is -0.967. The number of nitrogens with zero attached hydrogens (tertiary/aromatic N) is 5. The van der Waals surface area contributed by atoms with Gasteiger partial charge in [0.05, 0.1) is 11.9 Å². The Morgan fingerprint density at radius 2 is 1.98 bits per heavy atom. The van der Waals surface area contributed by atoms with Gasteiger partial charge in [-0.3, -0.25) is 33.6 Å². The first-order valence-corrected chi connectivity index (χ1v) is 16.6. The molecule has 0 spiro atoms. The third-order valence-electron chi connectivity index (χ3n) is 7.14. The molecule has 264 valence electrons. The number of unbranched alkanes of at least 4 members (excludes halogenated alkanes) is 1. The van der Waals surface area contributed by atoms with Crippen molar-refractivity contribution >= 4 is 68.9 Å². The molecule has 19 nitrogen and oxygen atoms in total. The van der Waals surface area contributed by atoms with Crippen LogP contribution in [-0.2, 0) is 35.3 Å². The number of nitrogens with one attached hydrogen (secondary N) is 3. The highest BCUT2D eigenvalue weighted by Gasteiger charge is 2.54. The zero-order valence-electron chi connectivity index (χ0n) is 26.8. The van der Waals surface area contributed by atoms with Crippen molar-refractivity contribution in [2.45, 2.75) is 63.6 Å². The highest BCUT2D eigenvalue weighted by Crippen LogP contribution is 2.40. The Morgan fingerprint density at radius 3 is 2.59 bits per heavy atom. The van der Waals surface area contributed by atoms with Crippen LogP contribution in [0.5, 0.6) is 0 Å². The van der Waals surface area contributed by atoms with Gasteiger partial charge in [-0.25, -0.2) is 19.6 Å². The molecule has 2 amide bonds. The minimum atomic E-state index is -1.32. The van der Waals surface area contributed by atoms with Crippen molar-refractivity contribution in [3.63, 3.8) is 0 Å². The number of hydrogen-bond donors (Lipinski definition) is 6. The van der Waals surface area contributed by atoms with E-state index in [0.717, 1.165) is 27.2 Å². The molecule has 0 saturated carbocycles. The lowest BCUT2D eigenvalue weighted by molar-refractivity contribution is -0.150. The number of hydrogen-bond acceptors (Lipinski definition) is 15. The molecule has 49 heavy (non-hydrogen) atoms. The molecule has 0 aliphatic carbocycles.